The third kappa shape index (κ3) is 3.06. The van der Waals surface area contributed by atoms with Crippen molar-refractivity contribution in [2.24, 2.45) is 0 Å². The van der Waals surface area contributed by atoms with Crippen molar-refractivity contribution in [3.05, 3.63) is 42.4 Å². The first-order valence-corrected chi connectivity index (χ1v) is 7.55. The molecule has 0 atom stereocenters. The smallest absolute Gasteiger partial charge is 0.427 e. The maximum atomic E-state index is 13.6. The van der Waals surface area contributed by atoms with Crippen molar-refractivity contribution in [1.82, 2.24) is 10.2 Å². The predicted octanol–water partition coefficient (Wildman–Crippen LogP) is 2.64. The topological polar surface area (TPSA) is 122 Å². The van der Waals surface area contributed by atoms with Crippen molar-refractivity contribution in [2.75, 3.05) is 5.09 Å². The molecular formula is C12H9FN3O5P. The first-order chi connectivity index (χ1) is 10.4. The Morgan fingerprint density at radius 3 is 2.64 bits per heavy atom. The molecule has 0 spiro atoms. The molecule has 0 fully saturated rings. The number of nitrogens with zero attached hydrogens (tertiary/aromatic N) is 2. The van der Waals surface area contributed by atoms with Crippen LogP contribution in [0.5, 0.6) is 0 Å². The molecule has 8 nitrogen and oxygen atoms in total. The highest BCUT2D eigenvalue weighted by atomic mass is 31.2. The number of anilines is 1. The predicted molar refractivity (Wildman–Crippen MR) is 73.1 cm³/mol. The molecule has 3 N–H and O–H groups in total. The van der Waals surface area contributed by atoms with E-state index in [4.69, 9.17) is 18.6 Å². The van der Waals surface area contributed by atoms with Crippen molar-refractivity contribution in [2.45, 2.75) is 0 Å². The number of aromatic nitrogens is 2. The molecule has 0 aliphatic carbocycles. The zero-order valence-electron chi connectivity index (χ0n) is 10.8. The fraction of sp³-hybridized carbons (Fsp3) is 0. The van der Waals surface area contributed by atoms with Crippen molar-refractivity contribution < 1.29 is 27.6 Å². The third-order valence-electron chi connectivity index (χ3n) is 2.64. The van der Waals surface area contributed by atoms with E-state index < -0.39 is 13.6 Å². The summed E-state index contributed by atoms with van der Waals surface area (Å²) in [5.74, 6) is -0.263. The number of furan rings is 1. The molecule has 0 amide bonds. The number of rotatable bonds is 4. The highest BCUT2D eigenvalue weighted by Gasteiger charge is 2.18. The molecule has 0 aliphatic rings. The highest BCUT2D eigenvalue weighted by molar-refractivity contribution is 7.53. The van der Waals surface area contributed by atoms with Gasteiger partial charge in [0.05, 0.1) is 12.0 Å². The summed E-state index contributed by atoms with van der Waals surface area (Å²) in [6.07, 6.45) is 1.44. The Balaban J connectivity index is 1.95. The largest absolute Gasteiger partial charge is 0.459 e. The van der Waals surface area contributed by atoms with E-state index in [1.807, 2.05) is 0 Å². The van der Waals surface area contributed by atoms with Crippen molar-refractivity contribution in [3.8, 4) is 23.1 Å². The van der Waals surface area contributed by atoms with Crippen LogP contribution in [0.15, 0.2) is 45.4 Å². The van der Waals surface area contributed by atoms with Crippen molar-refractivity contribution in [1.29, 1.82) is 0 Å². The number of benzene rings is 1. The quantitative estimate of drug-likeness (QED) is 0.626. The molecule has 3 rings (SSSR count). The van der Waals surface area contributed by atoms with Crippen LogP contribution in [0, 0.1) is 5.82 Å². The molecule has 0 saturated carbocycles. The van der Waals surface area contributed by atoms with E-state index in [1.165, 1.54) is 12.3 Å². The van der Waals surface area contributed by atoms with Crippen LogP contribution in [0.2, 0.25) is 0 Å². The molecule has 22 heavy (non-hydrogen) atoms. The Morgan fingerprint density at radius 2 is 1.95 bits per heavy atom. The fourth-order valence-electron chi connectivity index (χ4n) is 1.74. The second-order valence-electron chi connectivity index (χ2n) is 4.24. The van der Waals surface area contributed by atoms with Gasteiger partial charge in [0.1, 0.15) is 5.82 Å². The molecule has 10 heteroatoms. The van der Waals surface area contributed by atoms with E-state index in [1.54, 1.807) is 17.2 Å². The normalized spacial score (nSPS) is 11.6. The van der Waals surface area contributed by atoms with Crippen LogP contribution >= 0.6 is 7.75 Å². The monoisotopic (exact) mass is 325 g/mol. The average molecular weight is 325 g/mol. The first-order valence-electron chi connectivity index (χ1n) is 5.93. The fourth-order valence-corrected chi connectivity index (χ4v) is 2.23. The van der Waals surface area contributed by atoms with Gasteiger partial charge in [-0.1, -0.05) is 0 Å². The second kappa shape index (κ2) is 5.38. The summed E-state index contributed by atoms with van der Waals surface area (Å²) < 4.78 is 35.0. The number of nitrogens with one attached hydrogen (secondary N) is 1. The highest BCUT2D eigenvalue weighted by Crippen LogP contribution is 2.37. The third-order valence-corrected chi connectivity index (χ3v) is 3.17. The Kier molecular flexibility index (Phi) is 3.53. The molecule has 0 unspecified atom stereocenters. The van der Waals surface area contributed by atoms with Crippen LogP contribution in [0.4, 0.5) is 10.1 Å². The number of hydrogen-bond acceptors (Lipinski definition) is 5. The van der Waals surface area contributed by atoms with Crippen LogP contribution in [-0.2, 0) is 4.57 Å². The van der Waals surface area contributed by atoms with Crippen LogP contribution in [0.3, 0.4) is 0 Å². The molecule has 1 aromatic carbocycles. The lowest BCUT2D eigenvalue weighted by Crippen LogP contribution is -1.97. The molecule has 0 saturated heterocycles. The maximum Gasteiger partial charge on any atom is 0.427 e. The van der Waals surface area contributed by atoms with Crippen LogP contribution in [0.25, 0.3) is 23.1 Å². The zero-order valence-corrected chi connectivity index (χ0v) is 11.7. The van der Waals surface area contributed by atoms with Gasteiger partial charge in [0.15, 0.2) is 5.76 Å². The molecule has 0 aliphatic heterocycles. The van der Waals surface area contributed by atoms with E-state index in [2.05, 4.69) is 10.2 Å². The summed E-state index contributed by atoms with van der Waals surface area (Å²) in [6.45, 7) is 0. The standard InChI is InChI=1S/C12H9FN3O5P/c13-8-4-3-7(6-9(8)16-22(17,18)19)11-14-15-12(21-11)10-2-1-5-20-10/h1-6H,(H3,16,17,18,19). The minimum Gasteiger partial charge on any atom is -0.459 e. The Bertz CT molecular complexity index is 842. The van der Waals surface area contributed by atoms with E-state index in [-0.39, 0.29) is 17.5 Å². The summed E-state index contributed by atoms with van der Waals surface area (Å²) in [5.41, 5.74) is -0.0776. The van der Waals surface area contributed by atoms with Gasteiger partial charge in [-0.2, -0.15) is 0 Å². The lowest BCUT2D eigenvalue weighted by atomic mass is 10.2. The lowest BCUT2D eigenvalue weighted by molar-refractivity contribution is 0.380. The van der Waals surface area contributed by atoms with Gasteiger partial charge in [-0.3, -0.25) is 5.09 Å². The van der Waals surface area contributed by atoms with Crippen LogP contribution in [0.1, 0.15) is 0 Å². The van der Waals surface area contributed by atoms with Gasteiger partial charge >= 0.3 is 7.75 Å². The molecule has 114 valence electrons. The van der Waals surface area contributed by atoms with E-state index >= 15 is 0 Å². The Hall–Kier alpha value is -2.48. The van der Waals surface area contributed by atoms with E-state index in [9.17, 15) is 8.96 Å². The number of hydrogen-bond donors (Lipinski definition) is 3. The molecule has 0 radical (unpaired) electrons. The van der Waals surface area contributed by atoms with Gasteiger partial charge in [0.25, 0.3) is 5.89 Å². The van der Waals surface area contributed by atoms with Crippen LogP contribution in [-0.4, -0.2) is 20.0 Å². The minimum absolute atomic E-state index is 0.0557. The Labute approximate surface area is 122 Å². The summed E-state index contributed by atoms with van der Waals surface area (Å²) in [7, 11) is -4.63. The summed E-state index contributed by atoms with van der Waals surface area (Å²) >= 11 is 0. The molecular weight excluding hydrogens is 316 g/mol. The summed E-state index contributed by atoms with van der Waals surface area (Å²) in [5, 5.41) is 9.35. The SMILES string of the molecule is O=P(O)(O)Nc1cc(-c2nnc(-c3ccco3)o2)ccc1F. The first kappa shape index (κ1) is 14.5. The molecule has 3 aromatic rings. The summed E-state index contributed by atoms with van der Waals surface area (Å²) in [6, 6.07) is 6.82. The van der Waals surface area contributed by atoms with Gasteiger partial charge < -0.3 is 18.6 Å². The minimum atomic E-state index is -4.63. The second-order valence-corrected chi connectivity index (χ2v) is 5.55. The average Bonchev–Trinajstić information content (AvgIpc) is 3.08. The molecule has 0 bridgehead atoms. The van der Waals surface area contributed by atoms with Gasteiger partial charge in [-0.05, 0) is 30.3 Å². The number of halogens is 1. The van der Waals surface area contributed by atoms with Crippen molar-refractivity contribution in [3.63, 3.8) is 0 Å². The summed E-state index contributed by atoms with van der Waals surface area (Å²) in [4.78, 5) is 17.7. The Morgan fingerprint density at radius 1 is 1.18 bits per heavy atom. The van der Waals surface area contributed by atoms with Gasteiger partial charge in [0, 0.05) is 5.56 Å². The maximum absolute atomic E-state index is 13.6. The molecule has 2 heterocycles. The lowest BCUT2D eigenvalue weighted by Gasteiger charge is -2.09. The van der Waals surface area contributed by atoms with Gasteiger partial charge in [-0.15, -0.1) is 10.2 Å². The van der Waals surface area contributed by atoms with Crippen molar-refractivity contribution >= 4 is 13.4 Å². The van der Waals surface area contributed by atoms with E-state index in [0.717, 1.165) is 12.1 Å². The van der Waals surface area contributed by atoms with Gasteiger partial charge in [0.2, 0.25) is 5.89 Å². The molecule has 2 aromatic heterocycles. The zero-order chi connectivity index (χ0) is 15.7. The van der Waals surface area contributed by atoms with E-state index in [0.29, 0.717) is 11.3 Å². The van der Waals surface area contributed by atoms with Crippen LogP contribution < -0.4 is 5.09 Å². The van der Waals surface area contributed by atoms with Gasteiger partial charge in [-0.25, -0.2) is 8.96 Å².